The van der Waals surface area contributed by atoms with Gasteiger partial charge in [0.1, 0.15) is 5.78 Å². The molecule has 176 valence electrons. The highest BCUT2D eigenvalue weighted by Gasteiger charge is 2.59. The van der Waals surface area contributed by atoms with Crippen molar-refractivity contribution in [1.82, 2.24) is 0 Å². The van der Waals surface area contributed by atoms with E-state index >= 15 is 0 Å². The first-order valence-corrected chi connectivity index (χ1v) is 16.1. The highest BCUT2D eigenvalue weighted by molar-refractivity contribution is 6.74. The third kappa shape index (κ3) is 3.74. The van der Waals surface area contributed by atoms with E-state index in [0.717, 1.165) is 37.0 Å². The van der Waals surface area contributed by atoms with E-state index in [9.17, 15) is 4.79 Å². The molecule has 3 heteroatoms. The molecule has 0 aromatic heterocycles. The number of Topliss-reactive ketones (excluding diaryl/α,β-unsaturated/α-hetero) is 1. The summed E-state index contributed by atoms with van der Waals surface area (Å²) >= 11 is 0. The number of hydrogen-bond acceptors (Lipinski definition) is 2. The second-order valence-electron chi connectivity index (χ2n) is 13.5. The Kier molecular flexibility index (Phi) is 5.99. The molecule has 4 aliphatic carbocycles. The van der Waals surface area contributed by atoms with Crippen molar-refractivity contribution in [3.05, 3.63) is 11.6 Å². The van der Waals surface area contributed by atoms with E-state index < -0.39 is 8.32 Å². The Morgan fingerprint density at radius 2 is 1.81 bits per heavy atom. The predicted molar refractivity (Wildman–Crippen MR) is 133 cm³/mol. The van der Waals surface area contributed by atoms with Crippen molar-refractivity contribution in [3.8, 4) is 0 Å². The Morgan fingerprint density at radius 1 is 1.10 bits per heavy atom. The fourth-order valence-electron chi connectivity index (χ4n) is 8.10. The molecule has 4 rings (SSSR count). The molecule has 0 saturated heterocycles. The van der Waals surface area contributed by atoms with E-state index in [1.165, 1.54) is 38.5 Å². The monoisotopic (exact) mass is 444 g/mol. The maximum absolute atomic E-state index is 12.7. The Hall–Kier alpha value is -0.413. The molecular formula is C28H48O2Si. The normalized spacial score (nSPS) is 43.0. The van der Waals surface area contributed by atoms with Crippen molar-refractivity contribution in [1.29, 1.82) is 0 Å². The van der Waals surface area contributed by atoms with Crippen LogP contribution in [0.4, 0.5) is 0 Å². The summed E-state index contributed by atoms with van der Waals surface area (Å²) in [6.45, 7) is 19.0. The van der Waals surface area contributed by atoms with Crippen LogP contribution in [-0.4, -0.2) is 20.2 Å². The van der Waals surface area contributed by atoms with E-state index in [4.69, 9.17) is 4.43 Å². The first-order chi connectivity index (χ1) is 14.3. The molecule has 4 aliphatic rings. The van der Waals surface area contributed by atoms with Crippen LogP contribution in [0.2, 0.25) is 18.1 Å². The molecule has 0 unspecified atom stereocenters. The molecule has 0 spiro atoms. The molecule has 0 aromatic rings. The summed E-state index contributed by atoms with van der Waals surface area (Å²) in [7, 11) is -1.72. The van der Waals surface area contributed by atoms with E-state index in [0.29, 0.717) is 23.2 Å². The summed E-state index contributed by atoms with van der Waals surface area (Å²) in [6, 6.07) is 0. The van der Waals surface area contributed by atoms with Crippen molar-refractivity contribution in [2.24, 2.45) is 34.5 Å². The molecule has 7 atom stereocenters. The highest BCUT2D eigenvalue weighted by atomic mass is 28.4. The Balaban J connectivity index is 1.53. The zero-order valence-electron chi connectivity index (χ0n) is 21.6. The number of fused-ring (bicyclic) bond motifs is 5. The third-order valence-corrected chi connectivity index (χ3v) is 15.6. The van der Waals surface area contributed by atoms with Crippen LogP contribution in [0.1, 0.15) is 99.3 Å². The maximum atomic E-state index is 12.7. The second-order valence-corrected chi connectivity index (χ2v) is 18.3. The number of carbonyl (C=O) groups excluding carboxylic acids is 1. The summed E-state index contributed by atoms with van der Waals surface area (Å²) in [6.07, 6.45) is 13.7. The largest absolute Gasteiger partial charge is 0.414 e. The van der Waals surface area contributed by atoms with Crippen molar-refractivity contribution in [2.45, 2.75) is 124 Å². The summed E-state index contributed by atoms with van der Waals surface area (Å²) < 4.78 is 6.87. The lowest BCUT2D eigenvalue weighted by Crippen LogP contribution is -2.52. The lowest BCUT2D eigenvalue weighted by Gasteiger charge is -2.58. The number of hydrogen-bond donors (Lipinski definition) is 0. The van der Waals surface area contributed by atoms with Gasteiger partial charge in [0, 0.05) is 18.4 Å². The van der Waals surface area contributed by atoms with E-state index in [2.05, 4.69) is 60.7 Å². The summed E-state index contributed by atoms with van der Waals surface area (Å²) in [5.74, 6) is 3.22. The van der Waals surface area contributed by atoms with Crippen LogP contribution >= 0.6 is 0 Å². The lowest BCUT2D eigenvalue weighted by molar-refractivity contribution is -0.129. The average Bonchev–Trinajstić information content (AvgIpc) is 3.04. The third-order valence-electron chi connectivity index (χ3n) is 11.1. The van der Waals surface area contributed by atoms with Gasteiger partial charge in [-0.25, -0.2) is 0 Å². The van der Waals surface area contributed by atoms with Crippen LogP contribution in [0.15, 0.2) is 11.6 Å². The Labute approximate surface area is 193 Å². The molecule has 31 heavy (non-hydrogen) atoms. The zero-order valence-corrected chi connectivity index (χ0v) is 22.6. The number of rotatable bonds is 4. The molecule has 0 heterocycles. The standard InChI is InChI=1S/C28H48O2Si/c1-9-25(29)24-13-12-22-21-11-10-19-18-20(30-31(7,8)26(2,3)4)14-16-27(19,5)23(21)15-17-28(22,24)6/h10,20-24H,9,11-18H2,1-8H3/t20-,21-,22-,23-,24+,27-,28-/m0/s1. The topological polar surface area (TPSA) is 26.3 Å². The van der Waals surface area contributed by atoms with Crippen LogP contribution in [0.3, 0.4) is 0 Å². The fourth-order valence-corrected chi connectivity index (χ4v) is 9.48. The first kappa shape index (κ1) is 23.7. The van der Waals surface area contributed by atoms with E-state index in [1.54, 1.807) is 5.57 Å². The van der Waals surface area contributed by atoms with Gasteiger partial charge in [-0.05, 0) is 98.1 Å². The Morgan fingerprint density at radius 3 is 2.45 bits per heavy atom. The SMILES string of the molecule is CCC(=O)[C@H]1CC[C@H]2[C@@H]3CC=C4C[C@@H](O[Si](C)(C)C(C)(C)C)CC[C@]4(C)[C@H]3CC[C@]12C. The summed E-state index contributed by atoms with van der Waals surface area (Å²) in [4.78, 5) is 12.7. The molecule has 0 aromatic carbocycles. The molecule has 0 aliphatic heterocycles. The van der Waals surface area contributed by atoms with Gasteiger partial charge >= 0.3 is 0 Å². The van der Waals surface area contributed by atoms with Crippen LogP contribution in [0.5, 0.6) is 0 Å². The van der Waals surface area contributed by atoms with Gasteiger partial charge < -0.3 is 4.43 Å². The van der Waals surface area contributed by atoms with Crippen molar-refractivity contribution in [3.63, 3.8) is 0 Å². The van der Waals surface area contributed by atoms with Gasteiger partial charge in [-0.3, -0.25) is 4.79 Å². The van der Waals surface area contributed by atoms with Crippen molar-refractivity contribution < 1.29 is 9.22 Å². The summed E-state index contributed by atoms with van der Waals surface area (Å²) in [5.41, 5.74) is 2.34. The smallest absolute Gasteiger partial charge is 0.192 e. The van der Waals surface area contributed by atoms with Gasteiger partial charge in [0.05, 0.1) is 0 Å². The number of carbonyl (C=O) groups is 1. The van der Waals surface area contributed by atoms with Gasteiger partial charge in [0.15, 0.2) is 8.32 Å². The molecule has 2 nitrogen and oxygen atoms in total. The van der Waals surface area contributed by atoms with Gasteiger partial charge in [0.25, 0.3) is 0 Å². The van der Waals surface area contributed by atoms with Gasteiger partial charge in [0.2, 0.25) is 0 Å². The van der Waals surface area contributed by atoms with Crippen LogP contribution in [-0.2, 0) is 9.22 Å². The Bertz CT molecular complexity index is 747. The molecular weight excluding hydrogens is 396 g/mol. The molecule has 0 radical (unpaired) electrons. The van der Waals surface area contributed by atoms with Crippen LogP contribution < -0.4 is 0 Å². The van der Waals surface area contributed by atoms with Crippen LogP contribution in [0.25, 0.3) is 0 Å². The average molecular weight is 445 g/mol. The first-order valence-electron chi connectivity index (χ1n) is 13.2. The minimum atomic E-state index is -1.72. The number of allylic oxidation sites excluding steroid dienone is 1. The molecule has 3 saturated carbocycles. The second kappa shape index (κ2) is 7.83. The molecule has 0 N–H and O–H groups in total. The van der Waals surface area contributed by atoms with Gasteiger partial charge in [-0.15, -0.1) is 0 Å². The van der Waals surface area contributed by atoms with Crippen molar-refractivity contribution >= 4 is 14.1 Å². The van der Waals surface area contributed by atoms with Gasteiger partial charge in [-0.2, -0.15) is 0 Å². The molecule has 0 amide bonds. The minimum absolute atomic E-state index is 0.263. The predicted octanol–water partition coefficient (Wildman–Crippen LogP) is 7.93. The molecule has 3 fully saturated rings. The quantitative estimate of drug-likeness (QED) is 0.325. The van der Waals surface area contributed by atoms with E-state index in [-0.39, 0.29) is 10.5 Å². The van der Waals surface area contributed by atoms with Gasteiger partial charge in [-0.1, -0.05) is 53.2 Å². The highest BCUT2D eigenvalue weighted by Crippen LogP contribution is 2.66. The van der Waals surface area contributed by atoms with Crippen molar-refractivity contribution in [2.75, 3.05) is 0 Å². The van der Waals surface area contributed by atoms with Crippen LogP contribution in [0, 0.1) is 34.5 Å². The maximum Gasteiger partial charge on any atom is 0.192 e. The molecule has 0 bridgehead atoms. The van der Waals surface area contributed by atoms with E-state index in [1.807, 2.05) is 0 Å². The lowest BCUT2D eigenvalue weighted by atomic mass is 9.47. The minimum Gasteiger partial charge on any atom is -0.414 e. The number of ketones is 1. The fraction of sp³-hybridized carbons (Fsp3) is 0.893. The zero-order chi connectivity index (χ0) is 22.8. The summed E-state index contributed by atoms with van der Waals surface area (Å²) in [5, 5.41) is 0.280.